The summed E-state index contributed by atoms with van der Waals surface area (Å²) in [6, 6.07) is 0. The van der Waals surface area contributed by atoms with Crippen molar-refractivity contribution in [3.8, 4) is 0 Å². The summed E-state index contributed by atoms with van der Waals surface area (Å²) in [7, 11) is 0. The monoisotopic (exact) mass is 364 g/mol. The Morgan fingerprint density at radius 1 is 1.35 bits per heavy atom. The van der Waals surface area contributed by atoms with Gasteiger partial charge in [-0.25, -0.2) is 0 Å². The first-order valence-corrected chi connectivity index (χ1v) is 10.3. The summed E-state index contributed by atoms with van der Waals surface area (Å²) in [5.74, 6) is -0.197. The molecule has 0 unspecified atom stereocenters. The van der Waals surface area contributed by atoms with E-state index in [0.29, 0.717) is 12.3 Å². The summed E-state index contributed by atoms with van der Waals surface area (Å²) in [5.41, 5.74) is 1.54. The van der Waals surface area contributed by atoms with Crippen LogP contribution in [0.2, 0.25) is 0 Å². The van der Waals surface area contributed by atoms with Gasteiger partial charge in [-0.3, -0.25) is 4.79 Å². The number of carboxylic acid groups (broad SMARTS) is 1. The molecule has 5 atom stereocenters. The number of fused-ring (bicyclic) bond motifs is 1. The van der Waals surface area contributed by atoms with Crippen molar-refractivity contribution in [3.05, 3.63) is 23.8 Å². The molecule has 2 rings (SSSR count). The van der Waals surface area contributed by atoms with Gasteiger partial charge in [0.2, 0.25) is 0 Å². The molecule has 0 saturated heterocycles. The van der Waals surface area contributed by atoms with Gasteiger partial charge in [0.25, 0.3) is 0 Å². The molecule has 0 amide bonds. The van der Waals surface area contributed by atoms with Crippen LogP contribution in [0.1, 0.15) is 78.1 Å². The molecule has 0 aromatic heterocycles. The number of aliphatic carboxylic acids is 1. The van der Waals surface area contributed by atoms with E-state index in [1.165, 1.54) is 5.57 Å². The molecule has 4 heteroatoms. The topological polar surface area (TPSA) is 77.8 Å². The highest BCUT2D eigenvalue weighted by atomic mass is 16.4. The first kappa shape index (κ1) is 21.2. The second kappa shape index (κ2) is 9.70. The Hall–Kier alpha value is -1.13. The maximum atomic E-state index is 10.6. The Labute approximate surface area is 158 Å². The second-order valence-corrected chi connectivity index (χ2v) is 8.59. The minimum Gasteiger partial charge on any atom is -0.481 e. The highest BCUT2D eigenvalue weighted by Crippen LogP contribution is 2.58. The van der Waals surface area contributed by atoms with E-state index in [-0.39, 0.29) is 23.9 Å². The number of hydrogen-bond acceptors (Lipinski definition) is 3. The fourth-order valence-electron chi connectivity index (χ4n) is 4.89. The van der Waals surface area contributed by atoms with Gasteiger partial charge < -0.3 is 15.3 Å². The Kier molecular flexibility index (Phi) is 7.90. The lowest BCUT2D eigenvalue weighted by Crippen LogP contribution is -2.19. The van der Waals surface area contributed by atoms with E-state index in [2.05, 4.69) is 26.0 Å². The zero-order valence-electron chi connectivity index (χ0n) is 16.4. The number of carbonyl (C=O) groups is 1. The molecule has 0 aromatic carbocycles. The molecular weight excluding hydrogens is 328 g/mol. The van der Waals surface area contributed by atoms with Crippen molar-refractivity contribution >= 4 is 5.97 Å². The minimum atomic E-state index is -0.732. The first-order chi connectivity index (χ1) is 12.4. The molecule has 26 heavy (non-hydrogen) atoms. The number of aliphatic hydroxyl groups excluding tert-OH is 2. The van der Waals surface area contributed by atoms with Gasteiger partial charge in [-0.2, -0.15) is 0 Å². The van der Waals surface area contributed by atoms with E-state index in [4.69, 9.17) is 5.11 Å². The van der Waals surface area contributed by atoms with Crippen LogP contribution >= 0.6 is 0 Å². The molecule has 0 spiro atoms. The van der Waals surface area contributed by atoms with Gasteiger partial charge in [0.05, 0.1) is 12.2 Å². The van der Waals surface area contributed by atoms with Gasteiger partial charge in [-0.05, 0) is 49.9 Å². The predicted molar refractivity (Wildman–Crippen MR) is 104 cm³/mol. The zero-order valence-corrected chi connectivity index (χ0v) is 16.4. The number of carboxylic acids is 1. The van der Waals surface area contributed by atoms with Crippen molar-refractivity contribution in [3.63, 3.8) is 0 Å². The molecule has 2 aliphatic rings. The summed E-state index contributed by atoms with van der Waals surface area (Å²) >= 11 is 0. The lowest BCUT2D eigenvalue weighted by molar-refractivity contribution is -0.137. The van der Waals surface area contributed by atoms with Crippen LogP contribution in [0.15, 0.2) is 23.8 Å². The van der Waals surface area contributed by atoms with Gasteiger partial charge in [0, 0.05) is 12.3 Å². The van der Waals surface area contributed by atoms with Crippen LogP contribution in [0.3, 0.4) is 0 Å². The molecule has 0 heterocycles. The minimum absolute atomic E-state index is 0.116. The molecule has 2 fully saturated rings. The second-order valence-electron chi connectivity index (χ2n) is 8.59. The third-order valence-corrected chi connectivity index (χ3v) is 6.28. The standard InChI is InChI=1S/C22H36O4/c1-3-4-5-9-17(23)11-12-18-19-13-16(8-6-7-10-21(25)26)14-22(19,2)15-20(18)24/h8,11-12,17-20,23-24H,3-7,9-10,13-15H2,1-2H3,(H,25,26)/b12-11?,16-8-/t17-,18+,19+,20+,22-/m0/s1. The largest absolute Gasteiger partial charge is 0.481 e. The van der Waals surface area contributed by atoms with Crippen molar-refractivity contribution in [2.45, 2.75) is 90.3 Å². The van der Waals surface area contributed by atoms with Crippen LogP contribution in [0, 0.1) is 17.3 Å². The van der Waals surface area contributed by atoms with Crippen molar-refractivity contribution in [2.24, 2.45) is 17.3 Å². The van der Waals surface area contributed by atoms with Crippen LogP contribution in [0.25, 0.3) is 0 Å². The van der Waals surface area contributed by atoms with Crippen molar-refractivity contribution in [1.29, 1.82) is 0 Å². The third-order valence-electron chi connectivity index (χ3n) is 6.28. The summed E-state index contributed by atoms with van der Waals surface area (Å²) in [6.07, 6.45) is 14.1. The normalized spacial score (nSPS) is 33.8. The maximum Gasteiger partial charge on any atom is 0.303 e. The average molecular weight is 365 g/mol. The van der Waals surface area contributed by atoms with Gasteiger partial charge in [-0.1, -0.05) is 56.9 Å². The third kappa shape index (κ3) is 5.68. The molecule has 2 saturated carbocycles. The molecule has 0 radical (unpaired) electrons. The number of allylic oxidation sites excluding steroid dienone is 2. The number of rotatable bonds is 10. The van der Waals surface area contributed by atoms with Crippen LogP contribution in [0.5, 0.6) is 0 Å². The first-order valence-electron chi connectivity index (χ1n) is 10.3. The number of unbranched alkanes of at least 4 members (excludes halogenated alkanes) is 3. The van der Waals surface area contributed by atoms with Crippen molar-refractivity contribution in [2.75, 3.05) is 0 Å². The Morgan fingerprint density at radius 3 is 2.81 bits per heavy atom. The highest BCUT2D eigenvalue weighted by molar-refractivity contribution is 5.66. The fraction of sp³-hybridized carbons (Fsp3) is 0.773. The van der Waals surface area contributed by atoms with Crippen LogP contribution < -0.4 is 0 Å². The summed E-state index contributed by atoms with van der Waals surface area (Å²) in [6.45, 7) is 4.43. The van der Waals surface area contributed by atoms with E-state index < -0.39 is 12.1 Å². The fourth-order valence-corrected chi connectivity index (χ4v) is 4.89. The Balaban J connectivity index is 1.91. The average Bonchev–Trinajstić information content (AvgIpc) is 2.99. The number of hydrogen-bond donors (Lipinski definition) is 3. The van der Waals surface area contributed by atoms with Gasteiger partial charge in [0.1, 0.15) is 0 Å². The van der Waals surface area contributed by atoms with E-state index in [1.807, 2.05) is 6.08 Å². The molecule has 0 aromatic rings. The molecule has 148 valence electrons. The van der Waals surface area contributed by atoms with Crippen LogP contribution in [0.4, 0.5) is 0 Å². The molecule has 2 aliphatic carbocycles. The van der Waals surface area contributed by atoms with E-state index >= 15 is 0 Å². The predicted octanol–water partition coefficient (Wildman–Crippen LogP) is 4.46. The molecule has 0 bridgehead atoms. The Bertz CT molecular complexity index is 524. The van der Waals surface area contributed by atoms with E-state index in [9.17, 15) is 15.0 Å². The Morgan fingerprint density at radius 2 is 2.12 bits per heavy atom. The van der Waals surface area contributed by atoms with Crippen LogP contribution in [-0.2, 0) is 4.79 Å². The van der Waals surface area contributed by atoms with Gasteiger partial charge >= 0.3 is 5.97 Å². The van der Waals surface area contributed by atoms with Crippen LogP contribution in [-0.4, -0.2) is 33.5 Å². The molecule has 3 N–H and O–H groups in total. The summed E-state index contributed by atoms with van der Waals surface area (Å²) in [5, 5.41) is 29.4. The quantitative estimate of drug-likeness (QED) is 0.395. The van der Waals surface area contributed by atoms with E-state index in [1.54, 1.807) is 0 Å². The van der Waals surface area contributed by atoms with Gasteiger partial charge in [-0.15, -0.1) is 0 Å². The van der Waals surface area contributed by atoms with Crippen molar-refractivity contribution in [1.82, 2.24) is 0 Å². The maximum absolute atomic E-state index is 10.6. The highest BCUT2D eigenvalue weighted by Gasteiger charge is 2.52. The molecule has 0 aliphatic heterocycles. The molecule has 4 nitrogen and oxygen atoms in total. The summed E-state index contributed by atoms with van der Waals surface area (Å²) < 4.78 is 0. The molecular formula is C22H36O4. The SMILES string of the molecule is CCCCC[C@H](O)C=C[C@H]1[C@H](O)C[C@]2(C)C/C(=C\CCCC(=O)O)C[C@H]12. The summed E-state index contributed by atoms with van der Waals surface area (Å²) in [4.78, 5) is 10.6. The lowest BCUT2D eigenvalue weighted by Gasteiger charge is -2.24. The lowest BCUT2D eigenvalue weighted by atomic mass is 9.80. The number of aliphatic hydroxyl groups is 2. The van der Waals surface area contributed by atoms with E-state index in [0.717, 1.165) is 51.4 Å². The van der Waals surface area contributed by atoms with Gasteiger partial charge in [0.15, 0.2) is 0 Å². The van der Waals surface area contributed by atoms with Crippen molar-refractivity contribution < 1.29 is 20.1 Å². The smallest absolute Gasteiger partial charge is 0.303 e. The zero-order chi connectivity index (χ0) is 19.2.